The van der Waals surface area contributed by atoms with Crippen LogP contribution in [0.4, 0.5) is 5.69 Å². The van der Waals surface area contributed by atoms with E-state index >= 15 is 0 Å². The molecule has 0 spiro atoms. The SMILES string of the molecule is COC(=O)CCCS(=O)(=O)Nc1c(C)cccc1Cl. The Hall–Kier alpha value is -1.27. The van der Waals surface area contributed by atoms with Gasteiger partial charge < -0.3 is 4.74 Å². The number of anilines is 1. The van der Waals surface area contributed by atoms with E-state index in [1.807, 2.05) is 0 Å². The fraction of sp³-hybridized carbons (Fsp3) is 0.417. The molecule has 0 saturated heterocycles. The van der Waals surface area contributed by atoms with E-state index in [0.29, 0.717) is 10.7 Å². The van der Waals surface area contributed by atoms with E-state index in [0.717, 1.165) is 5.56 Å². The summed E-state index contributed by atoms with van der Waals surface area (Å²) in [6.45, 7) is 1.76. The van der Waals surface area contributed by atoms with Crippen LogP contribution in [-0.2, 0) is 19.6 Å². The van der Waals surface area contributed by atoms with E-state index in [4.69, 9.17) is 11.6 Å². The smallest absolute Gasteiger partial charge is 0.305 e. The van der Waals surface area contributed by atoms with Crippen LogP contribution in [0.15, 0.2) is 18.2 Å². The molecule has 19 heavy (non-hydrogen) atoms. The minimum absolute atomic E-state index is 0.0684. The normalized spacial score (nSPS) is 11.1. The van der Waals surface area contributed by atoms with Crippen LogP contribution in [0.2, 0.25) is 5.02 Å². The highest BCUT2D eigenvalue weighted by molar-refractivity contribution is 7.92. The molecule has 1 aromatic carbocycles. The highest BCUT2D eigenvalue weighted by Crippen LogP contribution is 2.26. The van der Waals surface area contributed by atoms with Crippen molar-refractivity contribution < 1.29 is 17.9 Å². The summed E-state index contributed by atoms with van der Waals surface area (Å²) in [6, 6.07) is 5.12. The summed E-state index contributed by atoms with van der Waals surface area (Å²) < 4.78 is 30.6. The van der Waals surface area contributed by atoms with Gasteiger partial charge in [0.05, 0.1) is 23.6 Å². The van der Waals surface area contributed by atoms with Gasteiger partial charge in [-0.05, 0) is 25.0 Å². The number of rotatable bonds is 6. The third-order valence-corrected chi connectivity index (χ3v) is 4.16. The maximum absolute atomic E-state index is 11.9. The Bertz CT molecular complexity index is 537. The summed E-state index contributed by atoms with van der Waals surface area (Å²) in [5.74, 6) is -0.587. The molecule has 0 saturated carbocycles. The Morgan fingerprint density at radius 1 is 1.42 bits per heavy atom. The lowest BCUT2D eigenvalue weighted by Crippen LogP contribution is -2.18. The maximum atomic E-state index is 11.9. The van der Waals surface area contributed by atoms with Gasteiger partial charge >= 0.3 is 5.97 Å². The van der Waals surface area contributed by atoms with Crippen LogP contribution < -0.4 is 4.72 Å². The van der Waals surface area contributed by atoms with Crippen molar-refractivity contribution in [2.24, 2.45) is 0 Å². The van der Waals surface area contributed by atoms with Gasteiger partial charge in [-0.1, -0.05) is 23.7 Å². The standard InChI is InChI=1S/C12H16ClNO4S/c1-9-5-3-6-10(13)12(9)14-19(16,17)8-4-7-11(15)18-2/h3,5-6,14H,4,7-8H2,1-2H3. The number of aryl methyl sites for hydroxylation is 1. The fourth-order valence-electron chi connectivity index (χ4n) is 1.48. The number of carbonyl (C=O) groups excluding carboxylic acids is 1. The highest BCUT2D eigenvalue weighted by Gasteiger charge is 2.14. The summed E-state index contributed by atoms with van der Waals surface area (Å²) in [5.41, 5.74) is 1.12. The van der Waals surface area contributed by atoms with Gasteiger partial charge in [-0.2, -0.15) is 0 Å². The van der Waals surface area contributed by atoms with Crippen LogP contribution in [0.1, 0.15) is 18.4 Å². The van der Waals surface area contributed by atoms with Crippen molar-refractivity contribution in [1.82, 2.24) is 0 Å². The first kappa shape index (κ1) is 15.8. The number of para-hydroxylation sites is 1. The molecule has 1 N–H and O–H groups in total. The first-order chi connectivity index (χ1) is 8.85. The van der Waals surface area contributed by atoms with Gasteiger partial charge in [0.25, 0.3) is 0 Å². The Labute approximate surface area is 118 Å². The second-order valence-electron chi connectivity index (χ2n) is 4.03. The predicted octanol–water partition coefficient (Wildman–Crippen LogP) is 2.34. The lowest BCUT2D eigenvalue weighted by atomic mass is 10.2. The van der Waals surface area contributed by atoms with Gasteiger partial charge in [0.15, 0.2) is 0 Å². The number of ether oxygens (including phenoxy) is 1. The lowest BCUT2D eigenvalue weighted by molar-refractivity contribution is -0.140. The zero-order chi connectivity index (χ0) is 14.5. The molecule has 0 aliphatic rings. The molecule has 106 valence electrons. The Balaban J connectivity index is 2.67. The van der Waals surface area contributed by atoms with Crippen molar-refractivity contribution in [2.75, 3.05) is 17.6 Å². The van der Waals surface area contributed by atoms with Crippen LogP contribution >= 0.6 is 11.6 Å². The van der Waals surface area contributed by atoms with Crippen molar-refractivity contribution in [3.8, 4) is 0 Å². The maximum Gasteiger partial charge on any atom is 0.305 e. The number of sulfonamides is 1. The molecule has 1 aromatic rings. The Morgan fingerprint density at radius 3 is 2.68 bits per heavy atom. The van der Waals surface area contributed by atoms with Gasteiger partial charge in [-0.3, -0.25) is 9.52 Å². The molecule has 0 aliphatic heterocycles. The van der Waals surface area contributed by atoms with Crippen molar-refractivity contribution >= 4 is 33.3 Å². The first-order valence-corrected chi connectivity index (χ1v) is 7.71. The second-order valence-corrected chi connectivity index (χ2v) is 6.28. The molecule has 0 unspecified atom stereocenters. The third-order valence-electron chi connectivity index (χ3n) is 2.50. The van der Waals surface area contributed by atoms with E-state index in [2.05, 4.69) is 9.46 Å². The molecular weight excluding hydrogens is 290 g/mol. The molecule has 0 bridgehead atoms. The van der Waals surface area contributed by atoms with Crippen LogP contribution in [-0.4, -0.2) is 27.2 Å². The molecule has 0 aliphatic carbocycles. The number of halogens is 1. The average molecular weight is 306 g/mol. The van der Waals surface area contributed by atoms with Gasteiger partial charge in [-0.25, -0.2) is 8.42 Å². The molecule has 5 nitrogen and oxygen atoms in total. The summed E-state index contributed by atoms with van der Waals surface area (Å²) >= 11 is 5.94. The summed E-state index contributed by atoms with van der Waals surface area (Å²) in [4.78, 5) is 10.9. The van der Waals surface area contributed by atoms with Gasteiger partial charge in [0.2, 0.25) is 10.0 Å². The number of esters is 1. The summed E-state index contributed by atoms with van der Waals surface area (Å²) in [7, 11) is -2.26. The number of methoxy groups -OCH3 is 1. The molecule has 0 aromatic heterocycles. The lowest BCUT2D eigenvalue weighted by Gasteiger charge is -2.11. The quantitative estimate of drug-likeness (QED) is 0.819. The third kappa shape index (κ3) is 5.08. The van der Waals surface area contributed by atoms with Gasteiger partial charge in [0, 0.05) is 6.42 Å². The fourth-order valence-corrected chi connectivity index (χ4v) is 3.01. The van der Waals surface area contributed by atoms with Crippen molar-refractivity contribution in [1.29, 1.82) is 0 Å². The van der Waals surface area contributed by atoms with Crippen LogP contribution in [0.5, 0.6) is 0 Å². The van der Waals surface area contributed by atoms with E-state index in [1.54, 1.807) is 25.1 Å². The number of hydrogen-bond acceptors (Lipinski definition) is 4. The van der Waals surface area contributed by atoms with Crippen LogP contribution in [0.25, 0.3) is 0 Å². The molecule has 0 amide bonds. The van der Waals surface area contributed by atoms with Crippen LogP contribution in [0, 0.1) is 6.92 Å². The molecule has 0 fully saturated rings. The van der Waals surface area contributed by atoms with Gasteiger partial charge in [0.1, 0.15) is 0 Å². The number of nitrogens with one attached hydrogen (secondary N) is 1. The highest BCUT2D eigenvalue weighted by atomic mass is 35.5. The van der Waals surface area contributed by atoms with E-state index in [9.17, 15) is 13.2 Å². The van der Waals surface area contributed by atoms with E-state index in [-0.39, 0.29) is 18.6 Å². The van der Waals surface area contributed by atoms with Crippen molar-refractivity contribution in [3.63, 3.8) is 0 Å². The Kier molecular flexibility index (Phi) is 5.62. The zero-order valence-corrected chi connectivity index (χ0v) is 12.3. The Morgan fingerprint density at radius 2 is 2.11 bits per heavy atom. The molecule has 0 atom stereocenters. The minimum Gasteiger partial charge on any atom is -0.469 e. The molecule has 1 rings (SSSR count). The average Bonchev–Trinajstić information content (AvgIpc) is 2.33. The second kappa shape index (κ2) is 6.77. The number of benzene rings is 1. The molecule has 0 heterocycles. The number of hydrogen-bond donors (Lipinski definition) is 1. The molecule has 0 radical (unpaired) electrons. The summed E-state index contributed by atoms with van der Waals surface area (Å²) in [6.07, 6.45) is 0.268. The monoisotopic (exact) mass is 305 g/mol. The van der Waals surface area contributed by atoms with Crippen LogP contribution in [0.3, 0.4) is 0 Å². The first-order valence-electron chi connectivity index (χ1n) is 5.68. The largest absolute Gasteiger partial charge is 0.469 e. The van der Waals surface area contributed by atoms with E-state index < -0.39 is 16.0 Å². The van der Waals surface area contributed by atoms with Crippen molar-refractivity contribution in [2.45, 2.75) is 19.8 Å². The minimum atomic E-state index is -3.53. The molecule has 7 heteroatoms. The summed E-state index contributed by atoms with van der Waals surface area (Å²) in [5, 5.41) is 0.344. The predicted molar refractivity (Wildman–Crippen MR) is 74.8 cm³/mol. The zero-order valence-electron chi connectivity index (χ0n) is 10.8. The van der Waals surface area contributed by atoms with Gasteiger partial charge in [-0.15, -0.1) is 0 Å². The topological polar surface area (TPSA) is 72.5 Å². The van der Waals surface area contributed by atoms with E-state index in [1.165, 1.54) is 7.11 Å². The van der Waals surface area contributed by atoms with Crippen molar-refractivity contribution in [3.05, 3.63) is 28.8 Å². The number of carbonyl (C=O) groups is 1. The molecular formula is C12H16ClNO4S.